The number of cyclic esters (lactones) is 2. The van der Waals surface area contributed by atoms with E-state index in [4.69, 9.17) is 10.8 Å². The van der Waals surface area contributed by atoms with Gasteiger partial charge in [-0.3, -0.25) is 4.79 Å². The van der Waals surface area contributed by atoms with Crippen LogP contribution >= 0.6 is 0 Å². The monoisotopic (exact) mass is 311 g/mol. The summed E-state index contributed by atoms with van der Waals surface area (Å²) in [5.74, 6) is -1.49. The Hall–Kier alpha value is -2.92. The zero-order chi connectivity index (χ0) is 16.7. The Morgan fingerprint density at radius 2 is 1.48 bits per heavy atom. The lowest BCUT2D eigenvalue weighted by molar-refractivity contribution is -0.154. The van der Waals surface area contributed by atoms with E-state index < -0.39 is 18.0 Å². The van der Waals surface area contributed by atoms with Gasteiger partial charge in [0.15, 0.2) is 6.10 Å². The highest BCUT2D eigenvalue weighted by atomic mass is 16.6. The molecule has 1 heterocycles. The van der Waals surface area contributed by atoms with E-state index in [0.29, 0.717) is 0 Å². The van der Waals surface area contributed by atoms with Gasteiger partial charge in [0.1, 0.15) is 0 Å². The number of carbonyl (C=O) groups excluding carboxylic acids is 2. The number of aliphatic hydroxyl groups excluding tert-OH is 1. The molecule has 2 aromatic rings. The summed E-state index contributed by atoms with van der Waals surface area (Å²) in [4.78, 5) is 20.2. The Bertz CT molecular complexity index is 654. The second kappa shape index (κ2) is 7.91. The van der Waals surface area contributed by atoms with Gasteiger partial charge in [-0.25, -0.2) is 4.79 Å². The third-order valence-electron chi connectivity index (χ3n) is 3.18. The van der Waals surface area contributed by atoms with Gasteiger partial charge < -0.3 is 15.6 Å². The predicted molar refractivity (Wildman–Crippen MR) is 85.9 cm³/mol. The molecule has 1 unspecified atom stereocenters. The normalized spacial score (nSPS) is 16.1. The molecule has 0 amide bonds. The fraction of sp³-hybridized carbons (Fsp3) is 0.111. The van der Waals surface area contributed by atoms with E-state index in [1.807, 2.05) is 36.4 Å². The smallest absolute Gasteiger partial charge is 0.343 e. The zero-order valence-corrected chi connectivity index (χ0v) is 12.4. The van der Waals surface area contributed by atoms with Crippen molar-refractivity contribution in [3.63, 3.8) is 0 Å². The number of benzene rings is 2. The second-order valence-corrected chi connectivity index (χ2v) is 4.83. The van der Waals surface area contributed by atoms with Crippen LogP contribution in [-0.4, -0.2) is 23.1 Å². The second-order valence-electron chi connectivity index (χ2n) is 4.83. The first-order valence-corrected chi connectivity index (χ1v) is 7.07. The summed E-state index contributed by atoms with van der Waals surface area (Å²) in [7, 11) is 0. The van der Waals surface area contributed by atoms with Crippen molar-refractivity contribution in [2.45, 2.75) is 12.5 Å². The molecule has 5 nitrogen and oxygen atoms in total. The van der Waals surface area contributed by atoms with E-state index in [0.717, 1.165) is 16.7 Å². The number of ether oxygens (including phenoxy) is 1. The average molecular weight is 311 g/mol. The van der Waals surface area contributed by atoms with Crippen molar-refractivity contribution in [3.05, 3.63) is 78.0 Å². The molecule has 118 valence electrons. The molecular weight excluding hydrogens is 294 g/mol. The van der Waals surface area contributed by atoms with Crippen LogP contribution in [0.1, 0.15) is 17.5 Å². The Morgan fingerprint density at radius 1 is 1.00 bits per heavy atom. The Balaban J connectivity index is 0.000000203. The van der Waals surface area contributed by atoms with Crippen molar-refractivity contribution in [1.82, 2.24) is 0 Å². The lowest BCUT2D eigenvalue weighted by atomic mass is 9.99. The molecule has 0 bridgehead atoms. The van der Waals surface area contributed by atoms with E-state index in [1.54, 1.807) is 6.20 Å². The number of esters is 2. The maximum absolute atomic E-state index is 10.1. The molecule has 3 rings (SSSR count). The average Bonchev–Trinajstić information content (AvgIpc) is 2.87. The van der Waals surface area contributed by atoms with E-state index in [1.165, 1.54) is 0 Å². The lowest BCUT2D eigenvalue weighted by Crippen LogP contribution is -2.11. The number of rotatable bonds is 2. The van der Waals surface area contributed by atoms with Crippen molar-refractivity contribution in [1.29, 1.82) is 0 Å². The summed E-state index contributed by atoms with van der Waals surface area (Å²) in [5, 5.41) is 8.47. The first-order valence-electron chi connectivity index (χ1n) is 7.07. The summed E-state index contributed by atoms with van der Waals surface area (Å²) >= 11 is 0. The Kier molecular flexibility index (Phi) is 5.66. The Morgan fingerprint density at radius 3 is 1.74 bits per heavy atom. The van der Waals surface area contributed by atoms with Crippen molar-refractivity contribution >= 4 is 17.5 Å². The topological polar surface area (TPSA) is 89.6 Å². The van der Waals surface area contributed by atoms with Crippen molar-refractivity contribution in [3.8, 4) is 0 Å². The summed E-state index contributed by atoms with van der Waals surface area (Å²) in [6.45, 7) is 0. The fourth-order valence-electron chi connectivity index (χ4n) is 2.06. The largest absolute Gasteiger partial charge is 0.404 e. The number of carbonyl (C=O) groups is 2. The molecular formula is C18H17NO4. The molecule has 0 radical (unpaired) electrons. The molecule has 0 aromatic heterocycles. The van der Waals surface area contributed by atoms with Crippen LogP contribution in [0.4, 0.5) is 0 Å². The maximum atomic E-state index is 10.1. The lowest BCUT2D eigenvalue weighted by Gasteiger charge is -2.06. The third-order valence-corrected chi connectivity index (χ3v) is 3.18. The van der Waals surface area contributed by atoms with Crippen LogP contribution < -0.4 is 5.73 Å². The number of aliphatic hydroxyl groups is 1. The van der Waals surface area contributed by atoms with Crippen LogP contribution in [0.5, 0.6) is 0 Å². The minimum atomic E-state index is -1.22. The third kappa shape index (κ3) is 4.52. The summed E-state index contributed by atoms with van der Waals surface area (Å²) in [6, 6.07) is 20.3. The molecule has 23 heavy (non-hydrogen) atoms. The van der Waals surface area contributed by atoms with E-state index >= 15 is 0 Å². The van der Waals surface area contributed by atoms with Crippen LogP contribution in [-0.2, 0) is 14.3 Å². The van der Waals surface area contributed by atoms with Gasteiger partial charge in [-0.05, 0) is 11.1 Å². The highest BCUT2D eigenvalue weighted by Crippen LogP contribution is 2.21. The van der Waals surface area contributed by atoms with Gasteiger partial charge in [-0.2, -0.15) is 0 Å². The van der Waals surface area contributed by atoms with Crippen molar-refractivity contribution in [2.24, 2.45) is 5.73 Å². The minimum absolute atomic E-state index is 0.196. The standard InChI is InChI=1S/C14H13N.C4H4O4/c15-11-14(12-7-3-1-4-8-12)13-9-5-2-6-10-13;5-2-1-3(6)8-4(2)7/h1-11H,15H2;2,5H,1H2. The van der Waals surface area contributed by atoms with Gasteiger partial charge in [0.2, 0.25) is 0 Å². The molecule has 1 aliphatic rings. The maximum Gasteiger partial charge on any atom is 0.343 e. The van der Waals surface area contributed by atoms with E-state index in [9.17, 15) is 9.59 Å². The first-order chi connectivity index (χ1) is 11.1. The zero-order valence-electron chi connectivity index (χ0n) is 12.4. The van der Waals surface area contributed by atoms with Crippen LogP contribution in [0.2, 0.25) is 0 Å². The van der Waals surface area contributed by atoms with Crippen LogP contribution in [0.3, 0.4) is 0 Å². The van der Waals surface area contributed by atoms with Gasteiger partial charge in [-0.15, -0.1) is 0 Å². The van der Waals surface area contributed by atoms with Crippen LogP contribution in [0.25, 0.3) is 5.57 Å². The fourth-order valence-corrected chi connectivity index (χ4v) is 2.06. The molecule has 3 N–H and O–H groups in total. The van der Waals surface area contributed by atoms with Gasteiger partial charge in [0.25, 0.3) is 0 Å². The Labute approximate surface area is 134 Å². The highest BCUT2D eigenvalue weighted by Gasteiger charge is 2.30. The molecule has 1 atom stereocenters. The molecule has 0 saturated carbocycles. The summed E-state index contributed by atoms with van der Waals surface area (Å²) < 4.78 is 3.95. The molecule has 2 aromatic carbocycles. The number of hydrogen-bond acceptors (Lipinski definition) is 5. The van der Waals surface area contributed by atoms with Crippen LogP contribution in [0.15, 0.2) is 66.9 Å². The van der Waals surface area contributed by atoms with Crippen molar-refractivity contribution < 1.29 is 19.4 Å². The first kappa shape index (κ1) is 16.5. The SMILES string of the molecule is NC=C(c1ccccc1)c1ccccc1.O=C1CC(O)C(=O)O1. The molecule has 0 spiro atoms. The van der Waals surface area contributed by atoms with Crippen molar-refractivity contribution in [2.75, 3.05) is 0 Å². The quantitative estimate of drug-likeness (QED) is 0.652. The van der Waals surface area contributed by atoms with Gasteiger partial charge in [-0.1, -0.05) is 60.7 Å². The summed E-state index contributed by atoms with van der Waals surface area (Å²) in [6.07, 6.45) is 0.242. The molecule has 1 aliphatic heterocycles. The highest BCUT2D eigenvalue weighted by molar-refractivity contribution is 5.95. The van der Waals surface area contributed by atoms with Gasteiger partial charge >= 0.3 is 11.9 Å². The molecule has 1 saturated heterocycles. The number of hydrogen-bond donors (Lipinski definition) is 2. The number of nitrogens with two attached hydrogens (primary N) is 1. The predicted octanol–water partition coefficient (Wildman–Crippen LogP) is 1.86. The summed E-state index contributed by atoms with van der Waals surface area (Å²) in [5.41, 5.74) is 9.03. The molecule has 0 aliphatic carbocycles. The van der Waals surface area contributed by atoms with Crippen LogP contribution in [0, 0.1) is 0 Å². The van der Waals surface area contributed by atoms with Gasteiger partial charge in [0.05, 0.1) is 6.42 Å². The molecule has 1 fully saturated rings. The van der Waals surface area contributed by atoms with Gasteiger partial charge in [0, 0.05) is 11.8 Å². The minimum Gasteiger partial charge on any atom is -0.404 e. The van der Waals surface area contributed by atoms with E-state index in [-0.39, 0.29) is 6.42 Å². The molecule has 5 heteroatoms. The van der Waals surface area contributed by atoms with E-state index in [2.05, 4.69) is 29.0 Å².